The molecule has 0 bridgehead atoms. The highest BCUT2D eigenvalue weighted by Crippen LogP contribution is 2.44. The highest BCUT2D eigenvalue weighted by Gasteiger charge is 2.29. The maximum atomic E-state index is 12.2. The van der Waals surface area contributed by atoms with E-state index in [-0.39, 0.29) is 23.1 Å². The fourth-order valence-corrected chi connectivity index (χ4v) is 4.21. The third-order valence-electron chi connectivity index (χ3n) is 4.64. The molecule has 136 valence electrons. The molecule has 4 rings (SSSR count). The van der Waals surface area contributed by atoms with Crippen LogP contribution in [0.2, 0.25) is 0 Å². The molecular formula is C20H16N2O4S. The Hall–Kier alpha value is -3.19. The molecule has 0 aliphatic heterocycles. The number of carboxylic acid groups (broad SMARTS) is 1. The van der Waals surface area contributed by atoms with Crippen molar-refractivity contribution in [2.24, 2.45) is 0 Å². The van der Waals surface area contributed by atoms with Gasteiger partial charge in [0.2, 0.25) is 0 Å². The summed E-state index contributed by atoms with van der Waals surface area (Å²) in [5, 5.41) is 11.9. The van der Waals surface area contributed by atoms with Crippen molar-refractivity contribution >= 4 is 28.6 Å². The zero-order chi connectivity index (χ0) is 19.0. The van der Waals surface area contributed by atoms with Gasteiger partial charge in [-0.05, 0) is 40.7 Å². The lowest BCUT2D eigenvalue weighted by Crippen LogP contribution is -2.18. The fourth-order valence-electron chi connectivity index (χ4n) is 3.43. The van der Waals surface area contributed by atoms with Gasteiger partial charge in [0.25, 0.3) is 0 Å². The first-order valence-corrected chi connectivity index (χ1v) is 9.15. The van der Waals surface area contributed by atoms with Crippen LogP contribution in [0.5, 0.6) is 0 Å². The van der Waals surface area contributed by atoms with E-state index in [4.69, 9.17) is 4.74 Å². The SMILES string of the molecule is Cc1nsc(NC(=O)OCC2c3ccccc3-c3ccccc32)c1C(=O)O. The number of aromatic nitrogens is 1. The number of carbonyl (C=O) groups is 2. The Labute approximate surface area is 159 Å². The molecular weight excluding hydrogens is 364 g/mol. The molecule has 0 radical (unpaired) electrons. The second-order valence-corrected chi connectivity index (χ2v) is 7.00. The number of amides is 1. The minimum atomic E-state index is -1.13. The van der Waals surface area contributed by atoms with Crippen molar-refractivity contribution < 1.29 is 19.4 Å². The van der Waals surface area contributed by atoms with Crippen molar-refractivity contribution in [3.8, 4) is 11.1 Å². The van der Waals surface area contributed by atoms with Crippen molar-refractivity contribution in [3.05, 3.63) is 70.9 Å². The third-order valence-corrected chi connectivity index (χ3v) is 5.49. The van der Waals surface area contributed by atoms with Gasteiger partial charge in [0.05, 0.1) is 5.69 Å². The third kappa shape index (κ3) is 3.06. The molecule has 0 fully saturated rings. The van der Waals surface area contributed by atoms with Crippen molar-refractivity contribution in [3.63, 3.8) is 0 Å². The van der Waals surface area contributed by atoms with E-state index in [1.165, 1.54) is 0 Å². The van der Waals surface area contributed by atoms with Crippen LogP contribution in [0.1, 0.15) is 33.1 Å². The molecule has 0 saturated carbocycles. The molecule has 0 saturated heterocycles. The van der Waals surface area contributed by atoms with E-state index in [2.05, 4.69) is 21.8 Å². The number of rotatable bonds is 4. The van der Waals surface area contributed by atoms with E-state index in [1.54, 1.807) is 6.92 Å². The minimum absolute atomic E-state index is 0.00601. The quantitative estimate of drug-likeness (QED) is 0.695. The number of aryl methyl sites for hydroxylation is 1. The number of nitrogens with one attached hydrogen (secondary N) is 1. The molecule has 3 aromatic rings. The Morgan fingerprint density at radius 3 is 2.30 bits per heavy atom. The number of fused-ring (bicyclic) bond motifs is 3. The van der Waals surface area contributed by atoms with E-state index < -0.39 is 12.1 Å². The summed E-state index contributed by atoms with van der Waals surface area (Å²) < 4.78 is 9.40. The Kier molecular flexibility index (Phi) is 4.37. The van der Waals surface area contributed by atoms with Crippen molar-refractivity contribution in [1.82, 2.24) is 4.37 Å². The first-order chi connectivity index (χ1) is 13.1. The van der Waals surface area contributed by atoms with E-state index in [0.29, 0.717) is 5.69 Å². The van der Waals surface area contributed by atoms with Gasteiger partial charge in [-0.2, -0.15) is 4.37 Å². The molecule has 6 nitrogen and oxygen atoms in total. The van der Waals surface area contributed by atoms with E-state index >= 15 is 0 Å². The van der Waals surface area contributed by atoms with Gasteiger partial charge in [-0.15, -0.1) is 0 Å². The summed E-state index contributed by atoms with van der Waals surface area (Å²) in [5.41, 5.74) is 4.88. The lowest BCUT2D eigenvalue weighted by Gasteiger charge is -2.14. The molecule has 0 unspecified atom stereocenters. The van der Waals surface area contributed by atoms with Gasteiger partial charge in [0.15, 0.2) is 0 Å². The highest BCUT2D eigenvalue weighted by atomic mass is 32.1. The topological polar surface area (TPSA) is 88.5 Å². The fraction of sp³-hybridized carbons (Fsp3) is 0.150. The summed E-state index contributed by atoms with van der Waals surface area (Å²) in [7, 11) is 0. The number of benzene rings is 2. The summed E-state index contributed by atoms with van der Waals surface area (Å²) in [6.07, 6.45) is -0.692. The van der Waals surface area contributed by atoms with Crippen LogP contribution in [-0.2, 0) is 4.74 Å². The van der Waals surface area contributed by atoms with E-state index in [9.17, 15) is 14.7 Å². The summed E-state index contributed by atoms with van der Waals surface area (Å²) in [4.78, 5) is 23.5. The Bertz CT molecular complexity index is 998. The first kappa shape index (κ1) is 17.2. The predicted molar refractivity (Wildman–Crippen MR) is 103 cm³/mol. The Balaban J connectivity index is 1.51. The number of carboxylic acids is 1. The number of hydrogen-bond donors (Lipinski definition) is 2. The average Bonchev–Trinajstić information content (AvgIpc) is 3.18. The second kappa shape index (κ2) is 6.85. The average molecular weight is 380 g/mol. The van der Waals surface area contributed by atoms with Gasteiger partial charge >= 0.3 is 12.1 Å². The molecule has 1 heterocycles. The number of aromatic carboxylic acids is 1. The molecule has 1 aliphatic rings. The lowest BCUT2D eigenvalue weighted by molar-refractivity contribution is 0.0697. The van der Waals surface area contributed by atoms with Gasteiger partial charge in [-0.3, -0.25) is 5.32 Å². The maximum Gasteiger partial charge on any atom is 0.412 e. The number of carbonyl (C=O) groups excluding carboxylic acids is 1. The molecule has 7 heteroatoms. The summed E-state index contributed by atoms with van der Waals surface area (Å²) in [6, 6.07) is 16.1. The predicted octanol–water partition coefficient (Wildman–Crippen LogP) is 4.51. The van der Waals surface area contributed by atoms with Crippen LogP contribution in [0.4, 0.5) is 9.80 Å². The van der Waals surface area contributed by atoms with Gasteiger partial charge in [-0.1, -0.05) is 48.5 Å². The van der Waals surface area contributed by atoms with Crippen LogP contribution in [0, 0.1) is 6.92 Å². The van der Waals surface area contributed by atoms with Crippen LogP contribution < -0.4 is 5.32 Å². The smallest absolute Gasteiger partial charge is 0.412 e. The highest BCUT2D eigenvalue weighted by molar-refractivity contribution is 7.10. The lowest BCUT2D eigenvalue weighted by atomic mass is 9.98. The zero-order valence-electron chi connectivity index (χ0n) is 14.4. The normalized spacial score (nSPS) is 12.3. The standard InChI is InChI=1S/C20H16N2O4S/c1-11-17(19(23)24)18(27-22-11)21-20(25)26-10-16-14-8-4-2-6-12(14)13-7-3-5-9-15(13)16/h2-9,16H,10H2,1H3,(H,21,25)(H,23,24). The van der Waals surface area contributed by atoms with E-state index in [0.717, 1.165) is 33.8 Å². The number of hydrogen-bond acceptors (Lipinski definition) is 5. The van der Waals surface area contributed by atoms with Crippen molar-refractivity contribution in [1.29, 1.82) is 0 Å². The van der Waals surface area contributed by atoms with Crippen LogP contribution in [-0.4, -0.2) is 28.1 Å². The molecule has 2 N–H and O–H groups in total. The van der Waals surface area contributed by atoms with Crippen molar-refractivity contribution in [2.75, 3.05) is 11.9 Å². The van der Waals surface area contributed by atoms with Crippen LogP contribution in [0.15, 0.2) is 48.5 Å². The van der Waals surface area contributed by atoms with Gasteiger partial charge in [0.1, 0.15) is 17.2 Å². The summed E-state index contributed by atoms with van der Waals surface area (Å²) in [6.45, 7) is 1.75. The number of nitrogens with zero attached hydrogens (tertiary/aromatic N) is 1. The van der Waals surface area contributed by atoms with Crippen LogP contribution >= 0.6 is 11.5 Å². The van der Waals surface area contributed by atoms with Crippen molar-refractivity contribution in [2.45, 2.75) is 12.8 Å². The van der Waals surface area contributed by atoms with Crippen LogP contribution in [0.3, 0.4) is 0 Å². The molecule has 0 spiro atoms. The number of ether oxygens (including phenoxy) is 1. The zero-order valence-corrected chi connectivity index (χ0v) is 15.2. The Morgan fingerprint density at radius 2 is 1.70 bits per heavy atom. The molecule has 0 atom stereocenters. The molecule has 2 aromatic carbocycles. The van der Waals surface area contributed by atoms with Gasteiger partial charge in [0, 0.05) is 5.92 Å². The van der Waals surface area contributed by atoms with Crippen LogP contribution in [0.25, 0.3) is 11.1 Å². The largest absolute Gasteiger partial charge is 0.478 e. The number of anilines is 1. The minimum Gasteiger partial charge on any atom is -0.478 e. The molecule has 1 amide bonds. The molecule has 1 aromatic heterocycles. The monoisotopic (exact) mass is 380 g/mol. The summed E-state index contributed by atoms with van der Waals surface area (Å²) >= 11 is 0.925. The Morgan fingerprint density at radius 1 is 1.11 bits per heavy atom. The van der Waals surface area contributed by atoms with Gasteiger partial charge < -0.3 is 9.84 Å². The maximum absolute atomic E-state index is 12.2. The van der Waals surface area contributed by atoms with Gasteiger partial charge in [-0.25, -0.2) is 9.59 Å². The molecule has 1 aliphatic carbocycles. The molecule has 27 heavy (non-hydrogen) atoms. The first-order valence-electron chi connectivity index (χ1n) is 8.38. The summed E-state index contributed by atoms with van der Waals surface area (Å²) in [5.74, 6) is -1.18. The van der Waals surface area contributed by atoms with E-state index in [1.807, 2.05) is 36.4 Å². The second-order valence-electron chi connectivity index (χ2n) is 6.23.